The van der Waals surface area contributed by atoms with E-state index in [-0.39, 0.29) is 24.9 Å². The zero-order valence-corrected chi connectivity index (χ0v) is 16.5. The summed E-state index contributed by atoms with van der Waals surface area (Å²) < 4.78 is 19.0. The molecule has 8 nitrogen and oxygen atoms in total. The summed E-state index contributed by atoms with van der Waals surface area (Å²) in [6, 6.07) is 7.27. The van der Waals surface area contributed by atoms with Gasteiger partial charge < -0.3 is 20.0 Å². The molecule has 1 aromatic heterocycles. The maximum atomic E-state index is 13.8. The molecule has 9 heteroatoms. The highest BCUT2D eigenvalue weighted by atomic mass is 19.1. The van der Waals surface area contributed by atoms with E-state index < -0.39 is 23.9 Å². The van der Waals surface area contributed by atoms with Crippen molar-refractivity contribution in [1.82, 2.24) is 20.4 Å². The van der Waals surface area contributed by atoms with E-state index in [1.165, 1.54) is 34.3 Å². The third kappa shape index (κ3) is 3.42. The van der Waals surface area contributed by atoms with Crippen molar-refractivity contribution in [2.45, 2.75) is 25.6 Å². The van der Waals surface area contributed by atoms with Crippen LogP contribution in [0.25, 0.3) is 0 Å². The number of amides is 4. The predicted octanol–water partition coefficient (Wildman–Crippen LogP) is 1.92. The van der Waals surface area contributed by atoms with E-state index in [4.69, 9.17) is 4.42 Å². The van der Waals surface area contributed by atoms with Gasteiger partial charge in [-0.15, -0.1) is 0 Å². The molecule has 2 atom stereocenters. The maximum Gasteiger partial charge on any atom is 0.322 e. The van der Waals surface area contributed by atoms with E-state index in [1.807, 2.05) is 0 Å². The van der Waals surface area contributed by atoms with E-state index in [2.05, 4.69) is 10.6 Å². The fraction of sp³-hybridized carbons (Fsp3) is 0.286. The molecule has 0 fully saturated rings. The number of hydrogen-bond donors (Lipinski definition) is 2. The zero-order valence-electron chi connectivity index (χ0n) is 16.5. The molecule has 2 aromatic rings. The van der Waals surface area contributed by atoms with Gasteiger partial charge in [0.05, 0.1) is 36.7 Å². The number of nitrogens with one attached hydrogen (secondary N) is 2. The summed E-state index contributed by atoms with van der Waals surface area (Å²) in [4.78, 5) is 41.0. The molecule has 0 unspecified atom stereocenters. The van der Waals surface area contributed by atoms with Gasteiger partial charge in [0.15, 0.2) is 0 Å². The number of halogens is 1. The quantitative estimate of drug-likeness (QED) is 0.785. The molecule has 4 amide bonds. The normalized spacial score (nSPS) is 19.6. The molecule has 2 aliphatic heterocycles. The first-order valence-electron chi connectivity index (χ1n) is 9.50. The van der Waals surface area contributed by atoms with Crippen LogP contribution in [-0.2, 0) is 16.1 Å². The van der Waals surface area contributed by atoms with E-state index >= 15 is 0 Å². The van der Waals surface area contributed by atoms with Gasteiger partial charge in [0.25, 0.3) is 5.91 Å². The molecule has 0 aliphatic carbocycles. The van der Waals surface area contributed by atoms with E-state index in [1.54, 1.807) is 32.2 Å². The molecule has 156 valence electrons. The van der Waals surface area contributed by atoms with Crippen LogP contribution in [0.3, 0.4) is 0 Å². The van der Waals surface area contributed by atoms with E-state index in [0.29, 0.717) is 22.6 Å². The van der Waals surface area contributed by atoms with Crippen molar-refractivity contribution in [2.24, 2.45) is 0 Å². The summed E-state index contributed by atoms with van der Waals surface area (Å²) in [5.41, 5.74) is 1.31. The van der Waals surface area contributed by atoms with Gasteiger partial charge in [0.2, 0.25) is 5.91 Å². The van der Waals surface area contributed by atoms with Gasteiger partial charge in [-0.25, -0.2) is 9.18 Å². The summed E-state index contributed by atoms with van der Waals surface area (Å²) >= 11 is 0. The molecule has 0 saturated heterocycles. The molecule has 0 saturated carbocycles. The Labute approximate surface area is 172 Å². The minimum Gasteiger partial charge on any atom is -0.467 e. The lowest BCUT2D eigenvalue weighted by Gasteiger charge is -2.31. The monoisotopic (exact) mass is 412 g/mol. The maximum absolute atomic E-state index is 13.8. The van der Waals surface area contributed by atoms with Gasteiger partial charge in [-0.2, -0.15) is 0 Å². The lowest BCUT2D eigenvalue weighted by molar-refractivity contribution is -0.135. The van der Waals surface area contributed by atoms with Crippen LogP contribution in [-0.4, -0.2) is 47.3 Å². The average Bonchev–Trinajstić information content (AvgIpc) is 3.36. The summed E-state index contributed by atoms with van der Waals surface area (Å²) in [5, 5.41) is 5.49. The second kappa shape index (κ2) is 7.66. The van der Waals surface area contributed by atoms with Crippen LogP contribution in [0, 0.1) is 5.82 Å². The van der Waals surface area contributed by atoms with Crippen molar-refractivity contribution in [1.29, 1.82) is 0 Å². The van der Waals surface area contributed by atoms with Gasteiger partial charge in [-0.05, 0) is 36.8 Å². The molecule has 2 aliphatic rings. The lowest BCUT2D eigenvalue weighted by atomic mass is 9.95. The second-order valence-corrected chi connectivity index (χ2v) is 7.26. The second-order valence-electron chi connectivity index (χ2n) is 7.26. The number of hydrogen-bond acceptors (Lipinski definition) is 4. The van der Waals surface area contributed by atoms with Crippen LogP contribution in [0.2, 0.25) is 0 Å². The number of furan rings is 1. The molecular formula is C21H21FN4O4. The molecule has 0 radical (unpaired) electrons. The molecule has 0 spiro atoms. The first-order chi connectivity index (χ1) is 14.4. The minimum atomic E-state index is -0.782. The third-order valence-electron chi connectivity index (χ3n) is 5.43. The number of urea groups is 1. The Kier molecular flexibility index (Phi) is 5.03. The Balaban J connectivity index is 1.56. The predicted molar refractivity (Wildman–Crippen MR) is 104 cm³/mol. The first-order valence-corrected chi connectivity index (χ1v) is 9.50. The van der Waals surface area contributed by atoms with E-state index in [0.717, 1.165) is 0 Å². The number of likely N-dealkylation sites (N-methyl/N-ethyl adjacent to an activating group) is 1. The lowest BCUT2D eigenvalue weighted by Crippen LogP contribution is -2.46. The van der Waals surface area contributed by atoms with Crippen molar-refractivity contribution < 1.29 is 23.2 Å². The van der Waals surface area contributed by atoms with Gasteiger partial charge in [0, 0.05) is 7.05 Å². The van der Waals surface area contributed by atoms with Crippen molar-refractivity contribution in [3.63, 3.8) is 0 Å². The third-order valence-corrected chi connectivity index (χ3v) is 5.43. The van der Waals surface area contributed by atoms with Crippen LogP contribution < -0.4 is 10.6 Å². The van der Waals surface area contributed by atoms with Crippen LogP contribution in [0.4, 0.5) is 9.18 Å². The Hall–Kier alpha value is -3.62. The molecule has 30 heavy (non-hydrogen) atoms. The minimum absolute atomic E-state index is 0.110. The van der Waals surface area contributed by atoms with Gasteiger partial charge in [-0.1, -0.05) is 12.1 Å². The molecule has 0 bridgehead atoms. The van der Waals surface area contributed by atoms with Crippen molar-refractivity contribution >= 4 is 17.8 Å². The Morgan fingerprint density at radius 1 is 1.33 bits per heavy atom. The first kappa shape index (κ1) is 19.7. The van der Waals surface area contributed by atoms with Crippen LogP contribution >= 0.6 is 0 Å². The molecule has 4 rings (SSSR count). The summed E-state index contributed by atoms with van der Waals surface area (Å²) in [7, 11) is 1.56. The molecule has 3 heterocycles. The van der Waals surface area contributed by atoms with Gasteiger partial charge in [-0.3, -0.25) is 14.5 Å². The number of rotatable bonds is 5. The van der Waals surface area contributed by atoms with Crippen LogP contribution in [0.15, 0.2) is 58.3 Å². The molecular weight excluding hydrogens is 391 g/mol. The number of nitrogens with zero attached hydrogens (tertiary/aromatic N) is 2. The number of carbonyl (C=O) groups excluding carboxylic acids is 3. The van der Waals surface area contributed by atoms with Gasteiger partial charge in [0.1, 0.15) is 17.6 Å². The zero-order chi connectivity index (χ0) is 21.4. The number of benzene rings is 1. The SMILES string of the molecule is C[C@H](C(=O)NCc1ccco1)N1CC2=C(C1=O)[C@@H](c1cccc(F)c1)NC(=O)N2C. The van der Waals surface area contributed by atoms with Crippen molar-refractivity contribution in [3.05, 3.63) is 71.1 Å². The highest BCUT2D eigenvalue weighted by molar-refractivity contribution is 6.03. The van der Waals surface area contributed by atoms with Gasteiger partial charge >= 0.3 is 6.03 Å². The number of carbonyl (C=O) groups is 3. The smallest absolute Gasteiger partial charge is 0.322 e. The fourth-order valence-electron chi connectivity index (χ4n) is 3.71. The Morgan fingerprint density at radius 3 is 2.83 bits per heavy atom. The Morgan fingerprint density at radius 2 is 2.13 bits per heavy atom. The highest BCUT2D eigenvalue weighted by Crippen LogP contribution is 2.36. The Bertz CT molecular complexity index is 1030. The summed E-state index contributed by atoms with van der Waals surface area (Å²) in [6.45, 7) is 1.94. The van der Waals surface area contributed by atoms with E-state index in [9.17, 15) is 18.8 Å². The fourth-order valence-corrected chi connectivity index (χ4v) is 3.71. The largest absolute Gasteiger partial charge is 0.467 e. The van der Waals surface area contributed by atoms with Crippen LogP contribution in [0.1, 0.15) is 24.3 Å². The van der Waals surface area contributed by atoms with Crippen LogP contribution in [0.5, 0.6) is 0 Å². The topological polar surface area (TPSA) is 94.9 Å². The molecule has 1 aromatic carbocycles. The summed E-state index contributed by atoms with van der Waals surface area (Å²) in [6.07, 6.45) is 1.51. The highest BCUT2D eigenvalue weighted by Gasteiger charge is 2.45. The standard InChI is InChI=1S/C21H21FN4O4/c1-12(19(27)23-10-15-7-4-8-30-15)26-11-16-17(20(26)28)18(24-21(29)25(16)2)13-5-3-6-14(22)9-13/h3-9,12,18H,10-11H2,1-2H3,(H,23,27)(H,24,29)/t12-,18-/m1/s1. The summed E-state index contributed by atoms with van der Waals surface area (Å²) in [5.74, 6) is -0.576. The molecule has 2 N–H and O–H groups in total. The van der Waals surface area contributed by atoms with Crippen molar-refractivity contribution in [2.75, 3.05) is 13.6 Å². The van der Waals surface area contributed by atoms with Crippen molar-refractivity contribution in [3.8, 4) is 0 Å². The average molecular weight is 412 g/mol.